The van der Waals surface area contributed by atoms with Gasteiger partial charge < -0.3 is 8.83 Å². The van der Waals surface area contributed by atoms with E-state index in [9.17, 15) is 0 Å². The molecule has 10 rings (SSSR count). The standard InChI is InChI=1S/C42H24N4O2/c1-2-9-26(10-3-1)40-44-41(46-42(45-40)32-15-6-13-30-29-12-4-5-16-35(29)48-39(30)32)31-14-7-17-37-38(31)33-23-27(20-21-36(33)47-37)28-19-18-25-11-8-22-43-34(25)24-28/h1-24H. The summed E-state index contributed by atoms with van der Waals surface area (Å²) in [4.78, 5) is 19.8. The number of rotatable bonds is 4. The molecule has 6 aromatic carbocycles. The van der Waals surface area contributed by atoms with Crippen LogP contribution < -0.4 is 0 Å². The maximum absolute atomic E-state index is 6.41. The highest BCUT2D eigenvalue weighted by Gasteiger charge is 2.20. The van der Waals surface area contributed by atoms with Crippen molar-refractivity contribution in [3.05, 3.63) is 146 Å². The zero-order valence-corrected chi connectivity index (χ0v) is 25.5. The Morgan fingerprint density at radius 3 is 2.06 bits per heavy atom. The molecule has 48 heavy (non-hydrogen) atoms. The Kier molecular flexibility index (Phi) is 5.77. The number of furan rings is 2. The zero-order valence-electron chi connectivity index (χ0n) is 25.5. The fraction of sp³-hybridized carbons (Fsp3) is 0. The first kappa shape index (κ1) is 26.5. The third-order valence-electron chi connectivity index (χ3n) is 8.99. The van der Waals surface area contributed by atoms with Crippen LogP contribution in [0.15, 0.2) is 155 Å². The van der Waals surface area contributed by atoms with Crippen LogP contribution in [-0.4, -0.2) is 19.9 Å². The lowest BCUT2D eigenvalue weighted by Gasteiger charge is -2.10. The molecule has 0 saturated carbocycles. The minimum Gasteiger partial charge on any atom is -0.456 e. The molecule has 6 nitrogen and oxygen atoms in total. The fourth-order valence-electron chi connectivity index (χ4n) is 6.70. The smallest absolute Gasteiger partial charge is 0.167 e. The lowest BCUT2D eigenvalue weighted by atomic mass is 9.99. The molecule has 224 valence electrons. The molecule has 6 heteroatoms. The Hall–Kier alpha value is -6.66. The molecule has 0 unspecified atom stereocenters. The summed E-state index contributed by atoms with van der Waals surface area (Å²) in [5.74, 6) is 1.68. The highest BCUT2D eigenvalue weighted by Crippen LogP contribution is 2.40. The molecule has 0 N–H and O–H groups in total. The average molecular weight is 617 g/mol. The first-order valence-electron chi connectivity index (χ1n) is 15.8. The van der Waals surface area contributed by atoms with Gasteiger partial charge in [-0.3, -0.25) is 4.98 Å². The normalized spacial score (nSPS) is 11.8. The van der Waals surface area contributed by atoms with E-state index >= 15 is 0 Å². The SMILES string of the molecule is c1ccc(-c2nc(-c3cccc4c3oc3ccccc34)nc(-c3cccc4oc5ccc(-c6ccc7cccnc7c6)cc5c34)n2)cc1. The van der Waals surface area contributed by atoms with Crippen molar-refractivity contribution in [1.82, 2.24) is 19.9 Å². The molecule has 0 fully saturated rings. The number of aromatic nitrogens is 4. The highest BCUT2D eigenvalue weighted by atomic mass is 16.3. The topological polar surface area (TPSA) is 77.8 Å². The van der Waals surface area contributed by atoms with Crippen LogP contribution in [0.2, 0.25) is 0 Å². The Morgan fingerprint density at radius 2 is 1.12 bits per heavy atom. The molecule has 0 spiro atoms. The van der Waals surface area contributed by atoms with E-state index in [2.05, 4.69) is 59.6 Å². The van der Waals surface area contributed by atoms with Crippen LogP contribution in [0.25, 0.3) is 100 Å². The molecule has 4 aromatic heterocycles. The molecule has 0 bridgehead atoms. The summed E-state index contributed by atoms with van der Waals surface area (Å²) in [6.07, 6.45) is 1.83. The molecule has 4 heterocycles. The van der Waals surface area contributed by atoms with E-state index in [1.165, 1.54) is 0 Å². The minimum absolute atomic E-state index is 0.540. The van der Waals surface area contributed by atoms with E-state index in [4.69, 9.17) is 23.8 Å². The van der Waals surface area contributed by atoms with Gasteiger partial charge in [0, 0.05) is 44.3 Å². The van der Waals surface area contributed by atoms with Crippen LogP contribution in [-0.2, 0) is 0 Å². The van der Waals surface area contributed by atoms with Crippen molar-refractivity contribution in [2.45, 2.75) is 0 Å². The third-order valence-corrected chi connectivity index (χ3v) is 8.99. The van der Waals surface area contributed by atoms with Gasteiger partial charge in [0.15, 0.2) is 17.5 Å². The number of para-hydroxylation sites is 2. The van der Waals surface area contributed by atoms with Crippen molar-refractivity contribution in [2.75, 3.05) is 0 Å². The Morgan fingerprint density at radius 1 is 0.417 bits per heavy atom. The third kappa shape index (κ3) is 4.20. The summed E-state index contributed by atoms with van der Waals surface area (Å²) in [5.41, 5.74) is 8.82. The van der Waals surface area contributed by atoms with Crippen LogP contribution in [0.3, 0.4) is 0 Å². The van der Waals surface area contributed by atoms with E-state index < -0.39 is 0 Å². The summed E-state index contributed by atoms with van der Waals surface area (Å²) < 4.78 is 12.8. The van der Waals surface area contributed by atoms with Crippen molar-refractivity contribution in [2.24, 2.45) is 0 Å². The number of hydrogen-bond acceptors (Lipinski definition) is 6. The summed E-state index contributed by atoms with van der Waals surface area (Å²) >= 11 is 0. The van der Waals surface area contributed by atoms with Crippen LogP contribution in [0.1, 0.15) is 0 Å². The maximum atomic E-state index is 6.41. The van der Waals surface area contributed by atoms with Gasteiger partial charge in [-0.15, -0.1) is 0 Å². The Bertz CT molecular complexity index is 2850. The molecular formula is C42H24N4O2. The van der Waals surface area contributed by atoms with Gasteiger partial charge in [0.25, 0.3) is 0 Å². The van der Waals surface area contributed by atoms with E-state index in [0.29, 0.717) is 17.5 Å². The molecule has 0 aliphatic carbocycles. The van der Waals surface area contributed by atoms with Gasteiger partial charge >= 0.3 is 0 Å². The maximum Gasteiger partial charge on any atom is 0.167 e. The van der Waals surface area contributed by atoms with E-state index in [-0.39, 0.29) is 0 Å². The summed E-state index contributed by atoms with van der Waals surface area (Å²) in [5, 5.41) is 5.12. The predicted octanol–water partition coefficient (Wildman–Crippen LogP) is 10.9. The molecule has 0 amide bonds. The van der Waals surface area contributed by atoms with E-state index in [1.54, 1.807) is 0 Å². The zero-order chi connectivity index (χ0) is 31.6. The Balaban J connectivity index is 1.21. The highest BCUT2D eigenvalue weighted by molar-refractivity contribution is 6.13. The van der Waals surface area contributed by atoms with Crippen molar-refractivity contribution in [1.29, 1.82) is 0 Å². The van der Waals surface area contributed by atoms with Crippen molar-refractivity contribution in [3.63, 3.8) is 0 Å². The second kappa shape index (κ2) is 10.4. The largest absolute Gasteiger partial charge is 0.456 e. The first-order valence-corrected chi connectivity index (χ1v) is 15.8. The molecule has 0 radical (unpaired) electrons. The van der Waals surface area contributed by atoms with Crippen LogP contribution in [0.5, 0.6) is 0 Å². The number of fused-ring (bicyclic) bond motifs is 7. The fourth-order valence-corrected chi connectivity index (χ4v) is 6.70. The van der Waals surface area contributed by atoms with Crippen LogP contribution in [0, 0.1) is 0 Å². The minimum atomic E-state index is 0.540. The Labute approximate surface area is 274 Å². The molecule has 0 aliphatic rings. The summed E-state index contributed by atoms with van der Waals surface area (Å²) in [6, 6.07) is 47.0. The summed E-state index contributed by atoms with van der Waals surface area (Å²) in [7, 11) is 0. The van der Waals surface area contributed by atoms with Gasteiger partial charge in [-0.2, -0.15) is 0 Å². The van der Waals surface area contributed by atoms with Crippen LogP contribution >= 0.6 is 0 Å². The lowest BCUT2D eigenvalue weighted by Crippen LogP contribution is -2.00. The average Bonchev–Trinajstić information content (AvgIpc) is 3.73. The van der Waals surface area contributed by atoms with Crippen molar-refractivity contribution in [3.8, 4) is 45.3 Å². The number of nitrogens with zero attached hydrogens (tertiary/aromatic N) is 4. The second-order valence-electron chi connectivity index (χ2n) is 11.9. The number of pyridine rings is 1. The van der Waals surface area contributed by atoms with Gasteiger partial charge in [0.05, 0.1) is 11.1 Å². The van der Waals surface area contributed by atoms with Gasteiger partial charge in [-0.05, 0) is 53.6 Å². The van der Waals surface area contributed by atoms with Crippen molar-refractivity contribution >= 4 is 54.8 Å². The molecule has 10 aromatic rings. The molecule has 0 aliphatic heterocycles. The van der Waals surface area contributed by atoms with E-state index in [0.717, 1.165) is 82.6 Å². The molecule has 0 atom stereocenters. The van der Waals surface area contributed by atoms with E-state index in [1.807, 2.05) is 91.1 Å². The number of benzene rings is 6. The lowest BCUT2D eigenvalue weighted by molar-refractivity contribution is 0.668. The van der Waals surface area contributed by atoms with Gasteiger partial charge in [-0.25, -0.2) is 15.0 Å². The first-order chi connectivity index (χ1) is 23.8. The van der Waals surface area contributed by atoms with Crippen LogP contribution in [0.4, 0.5) is 0 Å². The molecule has 0 saturated heterocycles. The van der Waals surface area contributed by atoms with Gasteiger partial charge in [-0.1, -0.05) is 97.1 Å². The number of hydrogen-bond donors (Lipinski definition) is 0. The van der Waals surface area contributed by atoms with Gasteiger partial charge in [0.2, 0.25) is 0 Å². The molecular weight excluding hydrogens is 592 g/mol. The van der Waals surface area contributed by atoms with Crippen molar-refractivity contribution < 1.29 is 8.83 Å². The quantitative estimate of drug-likeness (QED) is 0.196. The van der Waals surface area contributed by atoms with Gasteiger partial charge in [0.1, 0.15) is 22.3 Å². The predicted molar refractivity (Wildman–Crippen MR) is 191 cm³/mol. The monoisotopic (exact) mass is 616 g/mol. The summed E-state index contributed by atoms with van der Waals surface area (Å²) in [6.45, 7) is 0. The second-order valence-corrected chi connectivity index (χ2v) is 11.9.